The minimum Gasteiger partial charge on any atom is -0.497 e. The maximum atomic E-state index is 12.1. The van der Waals surface area contributed by atoms with Crippen molar-refractivity contribution in [2.24, 2.45) is 0 Å². The van der Waals surface area contributed by atoms with E-state index in [0.717, 1.165) is 22.9 Å². The summed E-state index contributed by atoms with van der Waals surface area (Å²) in [4.78, 5) is 12.1. The van der Waals surface area contributed by atoms with Crippen LogP contribution in [0.25, 0.3) is 0 Å². The standard InChI is InChI=1S/C18H20ClNO3S/c1-13(18(21)20-15-5-3-14(19)4-6-15)24-12-11-23-17-9-7-16(22-2)8-10-17/h3-10,13H,11-12H2,1-2H3,(H,20,21). The summed E-state index contributed by atoms with van der Waals surface area (Å²) in [5, 5.41) is 3.35. The van der Waals surface area contributed by atoms with Crippen molar-refractivity contribution >= 4 is 35.0 Å². The van der Waals surface area contributed by atoms with Crippen molar-refractivity contribution in [1.29, 1.82) is 0 Å². The molecule has 4 nitrogen and oxygen atoms in total. The van der Waals surface area contributed by atoms with Crippen molar-refractivity contribution in [1.82, 2.24) is 0 Å². The molecule has 0 saturated carbocycles. The van der Waals surface area contributed by atoms with Crippen molar-refractivity contribution in [2.45, 2.75) is 12.2 Å². The maximum absolute atomic E-state index is 12.1. The highest BCUT2D eigenvalue weighted by Crippen LogP contribution is 2.19. The fraction of sp³-hybridized carbons (Fsp3) is 0.278. The molecule has 0 bridgehead atoms. The lowest BCUT2D eigenvalue weighted by Crippen LogP contribution is -2.23. The number of methoxy groups -OCH3 is 1. The molecule has 0 spiro atoms. The first-order valence-electron chi connectivity index (χ1n) is 7.53. The van der Waals surface area contributed by atoms with Gasteiger partial charge in [0.1, 0.15) is 11.5 Å². The van der Waals surface area contributed by atoms with Crippen LogP contribution >= 0.6 is 23.4 Å². The number of anilines is 1. The number of amides is 1. The number of nitrogens with one attached hydrogen (secondary N) is 1. The number of ether oxygens (including phenoxy) is 2. The van der Waals surface area contributed by atoms with E-state index in [-0.39, 0.29) is 11.2 Å². The van der Waals surface area contributed by atoms with E-state index in [1.807, 2.05) is 31.2 Å². The largest absolute Gasteiger partial charge is 0.497 e. The highest BCUT2D eigenvalue weighted by atomic mass is 35.5. The third kappa shape index (κ3) is 5.98. The summed E-state index contributed by atoms with van der Waals surface area (Å²) in [6.07, 6.45) is 0. The van der Waals surface area contributed by atoms with E-state index in [9.17, 15) is 4.79 Å². The van der Waals surface area contributed by atoms with E-state index >= 15 is 0 Å². The molecule has 128 valence electrons. The molecule has 1 unspecified atom stereocenters. The van der Waals surface area contributed by atoms with Crippen LogP contribution in [0.4, 0.5) is 5.69 Å². The monoisotopic (exact) mass is 365 g/mol. The predicted molar refractivity (Wildman–Crippen MR) is 100 cm³/mol. The molecule has 1 N–H and O–H groups in total. The Labute approximate surface area is 151 Å². The molecule has 0 heterocycles. The predicted octanol–water partition coefficient (Wildman–Crippen LogP) is 4.49. The molecule has 24 heavy (non-hydrogen) atoms. The minimum absolute atomic E-state index is 0.0354. The van der Waals surface area contributed by atoms with Crippen molar-refractivity contribution in [3.8, 4) is 11.5 Å². The Hall–Kier alpha value is -1.85. The Morgan fingerprint density at radius 3 is 2.38 bits per heavy atom. The smallest absolute Gasteiger partial charge is 0.237 e. The number of carbonyl (C=O) groups excluding carboxylic acids is 1. The zero-order chi connectivity index (χ0) is 17.4. The molecular formula is C18H20ClNO3S. The van der Waals surface area contributed by atoms with Crippen LogP contribution in [0.1, 0.15) is 6.92 Å². The lowest BCUT2D eigenvalue weighted by molar-refractivity contribution is -0.115. The highest BCUT2D eigenvalue weighted by Gasteiger charge is 2.13. The van der Waals surface area contributed by atoms with E-state index in [2.05, 4.69) is 5.32 Å². The van der Waals surface area contributed by atoms with Crippen molar-refractivity contribution in [3.63, 3.8) is 0 Å². The van der Waals surface area contributed by atoms with Gasteiger partial charge in [0.05, 0.1) is 19.0 Å². The van der Waals surface area contributed by atoms with Crippen molar-refractivity contribution in [2.75, 3.05) is 24.8 Å². The quantitative estimate of drug-likeness (QED) is 0.700. The normalized spacial score (nSPS) is 11.6. The number of hydrogen-bond donors (Lipinski definition) is 1. The lowest BCUT2D eigenvalue weighted by atomic mass is 10.3. The number of carbonyl (C=O) groups is 1. The number of thioether (sulfide) groups is 1. The van der Waals surface area contributed by atoms with Gasteiger partial charge < -0.3 is 14.8 Å². The zero-order valence-electron chi connectivity index (χ0n) is 13.6. The minimum atomic E-state index is -0.167. The van der Waals surface area contributed by atoms with Gasteiger partial charge in [-0.3, -0.25) is 4.79 Å². The van der Waals surface area contributed by atoms with Crippen LogP contribution in [0.5, 0.6) is 11.5 Å². The van der Waals surface area contributed by atoms with E-state index in [4.69, 9.17) is 21.1 Å². The molecule has 0 radical (unpaired) electrons. The summed E-state index contributed by atoms with van der Waals surface area (Å²) >= 11 is 7.37. The summed E-state index contributed by atoms with van der Waals surface area (Å²) in [5.74, 6) is 2.27. The van der Waals surface area contributed by atoms with E-state index in [0.29, 0.717) is 11.6 Å². The molecule has 6 heteroatoms. The molecule has 0 aliphatic rings. The number of benzene rings is 2. The SMILES string of the molecule is COc1ccc(OCCSC(C)C(=O)Nc2ccc(Cl)cc2)cc1. The second kappa shape index (κ2) is 9.45. The Morgan fingerprint density at radius 2 is 1.75 bits per heavy atom. The molecule has 2 rings (SSSR count). The fourth-order valence-corrected chi connectivity index (χ4v) is 2.78. The highest BCUT2D eigenvalue weighted by molar-refractivity contribution is 8.00. The first-order chi connectivity index (χ1) is 11.6. The lowest BCUT2D eigenvalue weighted by Gasteiger charge is -2.12. The van der Waals surface area contributed by atoms with E-state index < -0.39 is 0 Å². The molecule has 0 saturated heterocycles. The number of hydrogen-bond acceptors (Lipinski definition) is 4. The van der Waals surface area contributed by atoms with Crippen LogP contribution in [0.2, 0.25) is 5.02 Å². The number of rotatable bonds is 8. The van der Waals surface area contributed by atoms with Crippen LogP contribution in [0.15, 0.2) is 48.5 Å². The average Bonchev–Trinajstić information content (AvgIpc) is 2.61. The van der Waals surface area contributed by atoms with Gasteiger partial charge in [0.25, 0.3) is 0 Å². The molecule has 0 fully saturated rings. The molecule has 1 atom stereocenters. The van der Waals surface area contributed by atoms with E-state index in [1.54, 1.807) is 43.1 Å². The topological polar surface area (TPSA) is 47.6 Å². The molecule has 2 aromatic rings. The first kappa shape index (κ1) is 18.5. The maximum Gasteiger partial charge on any atom is 0.237 e. The summed E-state index contributed by atoms with van der Waals surface area (Å²) in [5.41, 5.74) is 0.742. The van der Waals surface area contributed by atoms with E-state index in [1.165, 1.54) is 0 Å². The second-order valence-corrected chi connectivity index (χ2v) is 6.92. The molecule has 2 aromatic carbocycles. The molecule has 1 amide bonds. The molecule has 0 aromatic heterocycles. The van der Waals surface area contributed by atoms with Gasteiger partial charge in [0.15, 0.2) is 0 Å². The summed E-state index contributed by atoms with van der Waals surface area (Å²) in [6.45, 7) is 2.42. The van der Waals surface area contributed by atoms with Gasteiger partial charge in [-0.2, -0.15) is 0 Å². The second-order valence-electron chi connectivity index (χ2n) is 5.03. The van der Waals surface area contributed by atoms with Crippen LogP contribution in [-0.4, -0.2) is 30.6 Å². The Kier molecular flexibility index (Phi) is 7.28. The van der Waals surface area contributed by atoms with Gasteiger partial charge in [0, 0.05) is 16.5 Å². The summed E-state index contributed by atoms with van der Waals surface area (Å²) in [7, 11) is 1.63. The van der Waals surface area contributed by atoms with Gasteiger partial charge in [-0.1, -0.05) is 11.6 Å². The first-order valence-corrected chi connectivity index (χ1v) is 8.96. The summed E-state index contributed by atoms with van der Waals surface area (Å²) in [6, 6.07) is 14.5. The molecule has 0 aliphatic carbocycles. The van der Waals surface area contributed by atoms with Gasteiger partial charge in [-0.05, 0) is 55.5 Å². The van der Waals surface area contributed by atoms with Crippen LogP contribution < -0.4 is 14.8 Å². The zero-order valence-corrected chi connectivity index (χ0v) is 15.2. The Morgan fingerprint density at radius 1 is 1.12 bits per heavy atom. The third-order valence-electron chi connectivity index (χ3n) is 3.26. The van der Waals surface area contributed by atoms with Crippen LogP contribution in [0.3, 0.4) is 0 Å². The van der Waals surface area contributed by atoms with Crippen LogP contribution in [0, 0.1) is 0 Å². The fourth-order valence-electron chi connectivity index (χ4n) is 1.91. The van der Waals surface area contributed by atoms with Gasteiger partial charge in [0.2, 0.25) is 5.91 Å². The molecular weight excluding hydrogens is 346 g/mol. The number of halogens is 1. The Balaban J connectivity index is 1.69. The van der Waals surface area contributed by atoms with Crippen LogP contribution in [-0.2, 0) is 4.79 Å². The third-order valence-corrected chi connectivity index (χ3v) is 4.63. The van der Waals surface area contributed by atoms with Crippen molar-refractivity contribution in [3.05, 3.63) is 53.6 Å². The van der Waals surface area contributed by atoms with Gasteiger partial charge >= 0.3 is 0 Å². The van der Waals surface area contributed by atoms with Gasteiger partial charge in [-0.15, -0.1) is 11.8 Å². The van der Waals surface area contributed by atoms with Gasteiger partial charge in [-0.25, -0.2) is 0 Å². The summed E-state index contributed by atoms with van der Waals surface area (Å²) < 4.78 is 10.7. The van der Waals surface area contributed by atoms with Crippen molar-refractivity contribution < 1.29 is 14.3 Å². The molecule has 0 aliphatic heterocycles. The Bertz CT molecular complexity index is 646. The average molecular weight is 366 g/mol.